The molecule has 0 nitrogen and oxygen atoms in total. The average Bonchev–Trinajstić information content (AvgIpc) is 1.87. The topological polar surface area (TPSA) is 0 Å². The zero-order valence-electron chi connectivity index (χ0n) is 5.77. The van der Waals surface area contributed by atoms with E-state index < -0.39 is 0 Å². The van der Waals surface area contributed by atoms with E-state index in [2.05, 4.69) is 18.2 Å². The minimum atomic E-state index is -0.279. The fourth-order valence-corrected chi connectivity index (χ4v) is 2.84. The number of halogens is 1. The molecule has 0 aromatic heterocycles. The molecular weight excluding hydrogens is 324 g/mol. The van der Waals surface area contributed by atoms with Gasteiger partial charge < -0.3 is 0 Å². The second-order valence-corrected chi connectivity index (χ2v) is 5.34. The van der Waals surface area contributed by atoms with Gasteiger partial charge in [0, 0.05) is 0 Å². The van der Waals surface area contributed by atoms with E-state index in [0.717, 1.165) is 0 Å². The van der Waals surface area contributed by atoms with E-state index in [1.807, 2.05) is 0 Å². The zero-order valence-corrected chi connectivity index (χ0v) is 8.92. The van der Waals surface area contributed by atoms with Gasteiger partial charge in [-0.25, -0.2) is 0 Å². The second-order valence-electron chi connectivity index (χ2n) is 2.32. The van der Waals surface area contributed by atoms with Crippen LogP contribution in [-0.2, 0) is 16.7 Å². The quantitative estimate of drug-likeness (QED) is 0.690. The van der Waals surface area contributed by atoms with Gasteiger partial charge in [-0.2, -0.15) is 0 Å². The van der Waals surface area contributed by atoms with Gasteiger partial charge in [0.2, 0.25) is 0 Å². The Labute approximate surface area is 74.3 Å². The molecule has 0 atom stereocenters. The normalized spacial score (nSPS) is 19.9. The summed E-state index contributed by atoms with van der Waals surface area (Å²) in [6.07, 6.45) is 11.7. The summed E-state index contributed by atoms with van der Waals surface area (Å²) in [5.41, 5.74) is 0. The van der Waals surface area contributed by atoms with Crippen molar-refractivity contribution in [3.8, 4) is 0 Å². The van der Waals surface area contributed by atoms with Crippen LogP contribution in [0.1, 0.15) is 25.7 Å². The molecule has 1 rings (SSSR count). The van der Waals surface area contributed by atoms with Crippen molar-refractivity contribution in [2.45, 2.75) is 25.7 Å². The molecule has 0 saturated carbocycles. The number of allylic oxidation sites excluding steroid dienone is 4. The van der Waals surface area contributed by atoms with E-state index in [4.69, 9.17) is 9.58 Å². The fourth-order valence-electron chi connectivity index (χ4n) is 0.948. The molecule has 59 valence electrons. The summed E-state index contributed by atoms with van der Waals surface area (Å²) in [4.78, 5) is 0. The first-order valence-electron chi connectivity index (χ1n) is 3.51. The molecular formula is C8H11ClIr. The van der Waals surface area contributed by atoms with E-state index in [1.165, 1.54) is 29.8 Å². The van der Waals surface area contributed by atoms with Crippen LogP contribution in [0.25, 0.3) is 0 Å². The molecule has 0 spiro atoms. The van der Waals surface area contributed by atoms with Crippen LogP contribution >= 0.6 is 9.58 Å². The summed E-state index contributed by atoms with van der Waals surface area (Å²) < 4.78 is 1.50. The SMILES string of the molecule is [Cl][Ir][C]1=CC=CCCCC1. The first-order chi connectivity index (χ1) is 4.93. The molecule has 0 radical (unpaired) electrons. The molecule has 0 fully saturated rings. The minimum absolute atomic E-state index is 0.279. The summed E-state index contributed by atoms with van der Waals surface area (Å²) >= 11 is -0.279. The average molecular weight is 335 g/mol. The van der Waals surface area contributed by atoms with Crippen LogP contribution in [-0.4, -0.2) is 0 Å². The van der Waals surface area contributed by atoms with Crippen LogP contribution in [0.3, 0.4) is 0 Å². The predicted octanol–water partition coefficient (Wildman–Crippen LogP) is 3.24. The molecule has 0 aromatic rings. The van der Waals surface area contributed by atoms with Crippen LogP contribution in [0.2, 0.25) is 0 Å². The Bertz CT molecular complexity index is 149. The van der Waals surface area contributed by atoms with Crippen molar-refractivity contribution >= 4 is 9.58 Å². The first kappa shape index (κ1) is 8.52. The standard InChI is InChI=1S/C8H11.ClH.Ir/c1-2-4-6-8-7-5-3-1;;/h1-3H,4,6-8H2;1H;/q;;+1/p-1. The Morgan fingerprint density at radius 1 is 1.40 bits per heavy atom. The van der Waals surface area contributed by atoms with Gasteiger partial charge in [0.1, 0.15) is 0 Å². The van der Waals surface area contributed by atoms with Crippen LogP contribution in [0, 0.1) is 0 Å². The van der Waals surface area contributed by atoms with Gasteiger partial charge in [0.25, 0.3) is 0 Å². The third-order valence-electron chi connectivity index (χ3n) is 1.51. The van der Waals surface area contributed by atoms with Crippen LogP contribution < -0.4 is 0 Å². The van der Waals surface area contributed by atoms with Crippen molar-refractivity contribution in [3.63, 3.8) is 0 Å². The van der Waals surface area contributed by atoms with Crippen LogP contribution in [0.4, 0.5) is 0 Å². The Hall–Kier alpha value is 0.419. The van der Waals surface area contributed by atoms with Crippen molar-refractivity contribution in [2.75, 3.05) is 0 Å². The van der Waals surface area contributed by atoms with Crippen molar-refractivity contribution in [2.24, 2.45) is 0 Å². The summed E-state index contributed by atoms with van der Waals surface area (Å²) in [6, 6.07) is 0. The van der Waals surface area contributed by atoms with Gasteiger partial charge in [0.05, 0.1) is 0 Å². The maximum absolute atomic E-state index is 5.83. The fraction of sp³-hybridized carbons (Fsp3) is 0.500. The zero-order chi connectivity index (χ0) is 7.23. The van der Waals surface area contributed by atoms with E-state index >= 15 is 0 Å². The van der Waals surface area contributed by atoms with Crippen LogP contribution in [0.5, 0.6) is 0 Å². The third kappa shape index (κ3) is 3.00. The van der Waals surface area contributed by atoms with Gasteiger partial charge in [0.15, 0.2) is 0 Å². The Morgan fingerprint density at radius 2 is 2.30 bits per heavy atom. The summed E-state index contributed by atoms with van der Waals surface area (Å²) in [5.74, 6) is 0. The molecule has 2 heteroatoms. The van der Waals surface area contributed by atoms with Gasteiger partial charge in [-0.05, 0) is 0 Å². The molecule has 0 N–H and O–H groups in total. The van der Waals surface area contributed by atoms with Crippen LogP contribution in [0.15, 0.2) is 22.3 Å². The van der Waals surface area contributed by atoms with E-state index in [0.29, 0.717) is 0 Å². The monoisotopic (exact) mass is 335 g/mol. The molecule has 0 amide bonds. The molecule has 0 heterocycles. The number of hydrogen-bond acceptors (Lipinski definition) is 0. The Balaban J connectivity index is 2.49. The first-order valence-corrected chi connectivity index (χ1v) is 7.68. The Kier molecular flexibility index (Phi) is 4.36. The van der Waals surface area contributed by atoms with Gasteiger partial charge in [-0.3, -0.25) is 0 Å². The van der Waals surface area contributed by atoms with E-state index in [9.17, 15) is 0 Å². The number of rotatable bonds is 1. The molecule has 10 heavy (non-hydrogen) atoms. The Morgan fingerprint density at radius 3 is 3.10 bits per heavy atom. The maximum atomic E-state index is 5.83. The third-order valence-corrected chi connectivity index (χ3v) is 4.42. The van der Waals surface area contributed by atoms with Gasteiger partial charge >= 0.3 is 74.3 Å². The second kappa shape index (κ2) is 5.12. The summed E-state index contributed by atoms with van der Waals surface area (Å²) in [6.45, 7) is 0. The van der Waals surface area contributed by atoms with E-state index in [1.54, 1.807) is 0 Å². The molecule has 1 aliphatic rings. The predicted molar refractivity (Wildman–Crippen MR) is 41.5 cm³/mol. The van der Waals surface area contributed by atoms with Crippen molar-refractivity contribution in [3.05, 3.63) is 22.3 Å². The number of hydrogen-bond donors (Lipinski definition) is 0. The molecule has 0 aromatic carbocycles. The molecule has 0 saturated heterocycles. The van der Waals surface area contributed by atoms with Crippen molar-refractivity contribution < 1.29 is 16.7 Å². The molecule has 0 bridgehead atoms. The summed E-state index contributed by atoms with van der Waals surface area (Å²) in [5, 5.41) is 0. The molecule has 0 aliphatic heterocycles. The van der Waals surface area contributed by atoms with Crippen molar-refractivity contribution in [1.82, 2.24) is 0 Å². The van der Waals surface area contributed by atoms with Gasteiger partial charge in [-0.1, -0.05) is 0 Å². The van der Waals surface area contributed by atoms with Crippen molar-refractivity contribution in [1.29, 1.82) is 0 Å². The van der Waals surface area contributed by atoms with E-state index in [-0.39, 0.29) is 16.7 Å². The van der Waals surface area contributed by atoms with Gasteiger partial charge in [-0.15, -0.1) is 0 Å². The molecule has 1 aliphatic carbocycles. The molecule has 0 unspecified atom stereocenters. The summed E-state index contributed by atoms with van der Waals surface area (Å²) in [7, 11) is 5.83.